The highest BCUT2D eigenvalue weighted by Crippen LogP contribution is 2.27. The second-order valence-electron chi connectivity index (χ2n) is 6.54. The number of carbonyl (C=O) groups excluding carboxylic acids is 2. The maximum atomic E-state index is 12.4. The first-order chi connectivity index (χ1) is 13.6. The topological polar surface area (TPSA) is 49.9 Å². The van der Waals surface area contributed by atoms with Crippen molar-refractivity contribution in [1.82, 2.24) is 4.90 Å². The van der Waals surface area contributed by atoms with Crippen LogP contribution in [0.3, 0.4) is 0 Å². The van der Waals surface area contributed by atoms with Gasteiger partial charge >= 0.3 is 5.97 Å². The lowest BCUT2D eigenvalue weighted by Gasteiger charge is -2.36. The van der Waals surface area contributed by atoms with E-state index in [9.17, 15) is 9.59 Å². The normalized spacial score (nSPS) is 14.3. The van der Waals surface area contributed by atoms with E-state index in [1.807, 2.05) is 48.5 Å². The predicted octanol–water partition coefficient (Wildman–Crippen LogP) is 4.06. The molecule has 0 bridgehead atoms. The van der Waals surface area contributed by atoms with Gasteiger partial charge in [-0.05, 0) is 29.7 Å². The predicted molar refractivity (Wildman–Crippen MR) is 112 cm³/mol. The first-order valence-electron chi connectivity index (χ1n) is 9.05. The van der Waals surface area contributed by atoms with Crippen molar-refractivity contribution in [3.8, 4) is 0 Å². The van der Waals surface area contributed by atoms with E-state index >= 15 is 0 Å². The number of hydrogen-bond donors (Lipinski definition) is 0. The van der Waals surface area contributed by atoms with Crippen LogP contribution in [0.4, 0.5) is 5.69 Å². The second-order valence-corrected chi connectivity index (χ2v) is 8.03. The number of esters is 1. The van der Waals surface area contributed by atoms with Crippen LogP contribution in [-0.2, 0) is 9.53 Å². The number of nitrogens with zero attached hydrogens (tertiary/aromatic N) is 2. The van der Waals surface area contributed by atoms with Crippen LogP contribution in [0.2, 0.25) is 5.02 Å². The summed E-state index contributed by atoms with van der Waals surface area (Å²) in [5, 5.41) is 1.71. The summed E-state index contributed by atoms with van der Waals surface area (Å²) in [5.74, 6) is -0.627. The molecule has 2 heterocycles. The molecule has 1 fully saturated rings. The van der Waals surface area contributed by atoms with Crippen molar-refractivity contribution in [2.24, 2.45) is 0 Å². The number of amides is 1. The molecule has 0 radical (unpaired) electrons. The minimum absolute atomic E-state index is 0.173. The Bertz CT molecular complexity index is 979. The Hall–Kier alpha value is -2.57. The van der Waals surface area contributed by atoms with Crippen LogP contribution in [0.1, 0.15) is 9.67 Å². The number of carbonyl (C=O) groups is 2. The third-order valence-electron chi connectivity index (χ3n) is 4.78. The largest absolute Gasteiger partial charge is 0.451 e. The molecule has 5 nitrogen and oxygen atoms in total. The lowest BCUT2D eigenvalue weighted by atomic mass is 10.2. The third kappa shape index (κ3) is 3.98. The zero-order valence-electron chi connectivity index (χ0n) is 15.1. The third-order valence-corrected chi connectivity index (χ3v) is 6.19. The molecule has 2 aromatic carbocycles. The minimum atomic E-state index is -0.454. The number of rotatable bonds is 4. The molecule has 1 aromatic heterocycles. The number of anilines is 1. The molecule has 0 saturated carbocycles. The van der Waals surface area contributed by atoms with E-state index in [1.54, 1.807) is 11.0 Å². The molecule has 4 rings (SSSR count). The Morgan fingerprint density at radius 2 is 1.71 bits per heavy atom. The van der Waals surface area contributed by atoms with Gasteiger partial charge in [-0.1, -0.05) is 41.9 Å². The average Bonchev–Trinajstić information content (AvgIpc) is 3.17. The van der Waals surface area contributed by atoms with Crippen LogP contribution in [0, 0.1) is 0 Å². The van der Waals surface area contributed by atoms with E-state index in [-0.39, 0.29) is 12.5 Å². The van der Waals surface area contributed by atoms with Crippen molar-refractivity contribution in [2.75, 3.05) is 37.7 Å². The summed E-state index contributed by atoms with van der Waals surface area (Å²) in [6, 6.07) is 17.3. The molecule has 0 unspecified atom stereocenters. The van der Waals surface area contributed by atoms with E-state index in [4.69, 9.17) is 16.3 Å². The van der Waals surface area contributed by atoms with Gasteiger partial charge in [-0.25, -0.2) is 4.79 Å². The maximum Gasteiger partial charge on any atom is 0.348 e. The smallest absolute Gasteiger partial charge is 0.348 e. The maximum absolute atomic E-state index is 12.4. The summed E-state index contributed by atoms with van der Waals surface area (Å²) in [7, 11) is 0. The van der Waals surface area contributed by atoms with Gasteiger partial charge < -0.3 is 14.5 Å². The van der Waals surface area contributed by atoms with Gasteiger partial charge in [0.05, 0.1) is 10.7 Å². The highest BCUT2D eigenvalue weighted by Gasteiger charge is 2.23. The van der Waals surface area contributed by atoms with E-state index in [2.05, 4.69) is 4.90 Å². The SMILES string of the molecule is O=C(OCC(=O)N1CCN(c2ccccc2Cl)CC1)c1cc2ccccc2s1. The van der Waals surface area contributed by atoms with Crippen molar-refractivity contribution in [2.45, 2.75) is 0 Å². The summed E-state index contributed by atoms with van der Waals surface area (Å²) in [4.78, 5) is 29.1. The molecule has 0 spiro atoms. The van der Waals surface area contributed by atoms with Gasteiger partial charge in [0, 0.05) is 30.9 Å². The molecular weight excluding hydrogens is 396 g/mol. The molecule has 1 aliphatic rings. The Balaban J connectivity index is 1.30. The molecule has 7 heteroatoms. The van der Waals surface area contributed by atoms with Gasteiger partial charge in [0.15, 0.2) is 6.61 Å². The van der Waals surface area contributed by atoms with E-state index in [0.29, 0.717) is 36.1 Å². The fraction of sp³-hybridized carbons (Fsp3) is 0.238. The van der Waals surface area contributed by atoms with Gasteiger partial charge in [0.25, 0.3) is 5.91 Å². The highest BCUT2D eigenvalue weighted by molar-refractivity contribution is 7.20. The molecule has 28 heavy (non-hydrogen) atoms. The van der Waals surface area contributed by atoms with Crippen molar-refractivity contribution >= 4 is 50.6 Å². The molecular formula is C21H19ClN2O3S. The zero-order valence-corrected chi connectivity index (χ0v) is 16.7. The number of fused-ring (bicyclic) bond motifs is 1. The van der Waals surface area contributed by atoms with Gasteiger partial charge in [-0.15, -0.1) is 11.3 Å². The van der Waals surface area contributed by atoms with Gasteiger partial charge in [0.1, 0.15) is 4.88 Å². The van der Waals surface area contributed by atoms with Crippen molar-refractivity contribution in [3.63, 3.8) is 0 Å². The van der Waals surface area contributed by atoms with E-state index < -0.39 is 5.97 Å². The summed E-state index contributed by atoms with van der Waals surface area (Å²) < 4.78 is 6.27. The summed E-state index contributed by atoms with van der Waals surface area (Å²) in [6.07, 6.45) is 0. The van der Waals surface area contributed by atoms with Crippen molar-refractivity contribution < 1.29 is 14.3 Å². The number of thiophene rings is 1. The molecule has 1 amide bonds. The molecule has 0 N–H and O–H groups in total. The number of hydrogen-bond acceptors (Lipinski definition) is 5. The Kier molecular flexibility index (Phi) is 5.50. The second kappa shape index (κ2) is 8.20. The number of benzene rings is 2. The molecule has 1 saturated heterocycles. The number of ether oxygens (including phenoxy) is 1. The summed E-state index contributed by atoms with van der Waals surface area (Å²) in [5.41, 5.74) is 0.979. The van der Waals surface area contributed by atoms with Gasteiger partial charge in [0.2, 0.25) is 0 Å². The summed E-state index contributed by atoms with van der Waals surface area (Å²) >= 11 is 7.62. The van der Waals surface area contributed by atoms with Gasteiger partial charge in [-0.3, -0.25) is 4.79 Å². The standard InChI is InChI=1S/C21H19ClN2O3S/c22-16-6-2-3-7-17(16)23-9-11-24(12-10-23)20(25)14-27-21(26)19-13-15-5-1-4-8-18(15)28-19/h1-8,13H,9-12,14H2. The van der Waals surface area contributed by atoms with Crippen LogP contribution in [0.15, 0.2) is 54.6 Å². The first-order valence-corrected chi connectivity index (χ1v) is 10.2. The lowest BCUT2D eigenvalue weighted by molar-refractivity contribution is -0.134. The lowest BCUT2D eigenvalue weighted by Crippen LogP contribution is -2.50. The van der Waals surface area contributed by atoms with Crippen LogP contribution in [0.5, 0.6) is 0 Å². The van der Waals surface area contributed by atoms with Crippen molar-refractivity contribution in [1.29, 1.82) is 0 Å². The van der Waals surface area contributed by atoms with Crippen molar-refractivity contribution in [3.05, 3.63) is 64.5 Å². The Labute approximate surface area is 172 Å². The molecule has 0 atom stereocenters. The molecule has 144 valence electrons. The Morgan fingerprint density at radius 3 is 2.46 bits per heavy atom. The number of halogens is 1. The molecule has 1 aliphatic heterocycles. The van der Waals surface area contributed by atoms with Crippen LogP contribution < -0.4 is 4.90 Å². The van der Waals surface area contributed by atoms with E-state index in [1.165, 1.54) is 11.3 Å². The quantitative estimate of drug-likeness (QED) is 0.604. The van der Waals surface area contributed by atoms with Crippen LogP contribution in [-0.4, -0.2) is 49.6 Å². The minimum Gasteiger partial charge on any atom is -0.451 e. The molecule has 3 aromatic rings. The highest BCUT2D eigenvalue weighted by atomic mass is 35.5. The summed E-state index contributed by atoms with van der Waals surface area (Å²) in [6.45, 7) is 2.30. The number of para-hydroxylation sites is 1. The average molecular weight is 415 g/mol. The monoisotopic (exact) mass is 414 g/mol. The Morgan fingerprint density at radius 1 is 1.00 bits per heavy atom. The number of piperazine rings is 1. The zero-order chi connectivity index (χ0) is 19.5. The fourth-order valence-corrected chi connectivity index (χ4v) is 4.49. The molecule has 0 aliphatic carbocycles. The van der Waals surface area contributed by atoms with E-state index in [0.717, 1.165) is 15.8 Å². The first kappa shape index (κ1) is 18.8. The van der Waals surface area contributed by atoms with Gasteiger partial charge in [-0.2, -0.15) is 0 Å². The van der Waals surface area contributed by atoms with Crippen LogP contribution in [0.25, 0.3) is 10.1 Å². The fourth-order valence-electron chi connectivity index (χ4n) is 3.28. The van der Waals surface area contributed by atoms with Crippen LogP contribution >= 0.6 is 22.9 Å².